The third-order valence-electron chi connectivity index (χ3n) is 1.99. The number of benzene rings is 1. The van der Waals surface area contributed by atoms with Gasteiger partial charge in [0.15, 0.2) is 0 Å². The summed E-state index contributed by atoms with van der Waals surface area (Å²) in [5.74, 6) is -0.130. The lowest BCUT2D eigenvalue weighted by Crippen LogP contribution is -2.11. The van der Waals surface area contributed by atoms with Crippen molar-refractivity contribution < 1.29 is 4.79 Å². The van der Waals surface area contributed by atoms with Crippen molar-refractivity contribution in [3.05, 3.63) is 46.7 Å². The molecule has 3 N–H and O–H groups in total. The number of rotatable bonds is 2. The summed E-state index contributed by atoms with van der Waals surface area (Å²) in [6, 6.07) is 8.97. The van der Waals surface area contributed by atoms with Crippen LogP contribution in [0.2, 0.25) is 0 Å². The van der Waals surface area contributed by atoms with Crippen LogP contribution in [0.3, 0.4) is 0 Å². The maximum Gasteiger partial charge on any atom is 0.256 e. The Labute approximate surface area is 91.5 Å². The number of thiophene rings is 1. The first-order chi connectivity index (χ1) is 7.27. The highest BCUT2D eigenvalue weighted by Crippen LogP contribution is 2.18. The average Bonchev–Trinajstić information content (AvgIpc) is 2.74. The van der Waals surface area contributed by atoms with Crippen LogP contribution in [0, 0.1) is 0 Å². The molecule has 0 bridgehead atoms. The van der Waals surface area contributed by atoms with Gasteiger partial charge in [0.05, 0.1) is 16.9 Å². The van der Waals surface area contributed by atoms with Crippen molar-refractivity contribution in [2.45, 2.75) is 0 Å². The van der Waals surface area contributed by atoms with Gasteiger partial charge in [-0.2, -0.15) is 11.3 Å². The maximum absolute atomic E-state index is 11.7. The predicted octanol–water partition coefficient (Wildman–Crippen LogP) is 2.58. The summed E-state index contributed by atoms with van der Waals surface area (Å²) in [6.45, 7) is 0. The Balaban J connectivity index is 2.17. The van der Waals surface area contributed by atoms with Gasteiger partial charge in [0, 0.05) is 5.38 Å². The summed E-state index contributed by atoms with van der Waals surface area (Å²) < 4.78 is 0. The van der Waals surface area contributed by atoms with Gasteiger partial charge in [0.1, 0.15) is 0 Å². The van der Waals surface area contributed by atoms with E-state index in [1.54, 1.807) is 23.6 Å². The highest BCUT2D eigenvalue weighted by Gasteiger charge is 2.07. The van der Waals surface area contributed by atoms with Crippen LogP contribution in [0.1, 0.15) is 10.4 Å². The van der Waals surface area contributed by atoms with Gasteiger partial charge in [-0.1, -0.05) is 12.1 Å². The molecule has 4 heteroatoms. The molecule has 0 atom stereocenters. The molecule has 0 aliphatic heterocycles. The Morgan fingerprint density at radius 2 is 2.07 bits per heavy atom. The summed E-state index contributed by atoms with van der Waals surface area (Å²) >= 11 is 1.49. The molecule has 1 amide bonds. The van der Waals surface area contributed by atoms with Crippen molar-refractivity contribution in [3.63, 3.8) is 0 Å². The zero-order valence-electron chi connectivity index (χ0n) is 7.94. The molecule has 2 rings (SSSR count). The lowest BCUT2D eigenvalue weighted by atomic mass is 10.2. The minimum atomic E-state index is -0.130. The van der Waals surface area contributed by atoms with Crippen LogP contribution in [-0.2, 0) is 0 Å². The molecule has 1 aromatic heterocycles. The molecule has 0 unspecified atom stereocenters. The van der Waals surface area contributed by atoms with Gasteiger partial charge in [0.25, 0.3) is 5.91 Å². The number of hydrogen-bond acceptors (Lipinski definition) is 3. The van der Waals surface area contributed by atoms with Crippen molar-refractivity contribution in [2.75, 3.05) is 11.1 Å². The van der Waals surface area contributed by atoms with E-state index in [9.17, 15) is 4.79 Å². The second-order valence-corrected chi connectivity index (χ2v) is 3.83. The van der Waals surface area contributed by atoms with Crippen molar-refractivity contribution in [1.29, 1.82) is 0 Å². The van der Waals surface area contributed by atoms with Gasteiger partial charge < -0.3 is 11.1 Å². The van der Waals surface area contributed by atoms with Crippen molar-refractivity contribution in [3.8, 4) is 0 Å². The number of amides is 1. The fourth-order valence-electron chi connectivity index (χ4n) is 1.20. The lowest BCUT2D eigenvalue weighted by molar-refractivity contribution is 0.102. The molecular weight excluding hydrogens is 208 g/mol. The summed E-state index contributed by atoms with van der Waals surface area (Å²) in [4.78, 5) is 11.7. The average molecular weight is 218 g/mol. The van der Waals surface area contributed by atoms with Gasteiger partial charge in [0.2, 0.25) is 0 Å². The van der Waals surface area contributed by atoms with Crippen LogP contribution in [0.25, 0.3) is 0 Å². The highest BCUT2D eigenvalue weighted by molar-refractivity contribution is 7.08. The van der Waals surface area contributed by atoms with E-state index in [1.807, 2.05) is 17.5 Å². The van der Waals surface area contributed by atoms with Crippen molar-refractivity contribution in [1.82, 2.24) is 0 Å². The molecule has 0 fully saturated rings. The zero-order chi connectivity index (χ0) is 10.7. The molecule has 0 spiro atoms. The number of hydrogen-bond donors (Lipinski definition) is 2. The Morgan fingerprint density at radius 1 is 1.27 bits per heavy atom. The molecule has 2 aromatic rings. The van der Waals surface area contributed by atoms with Gasteiger partial charge in [-0.05, 0) is 23.6 Å². The standard InChI is InChI=1S/C11H10N2OS/c12-9-3-1-2-4-10(9)13-11(14)8-5-6-15-7-8/h1-7H,12H2,(H,13,14). The van der Waals surface area contributed by atoms with Gasteiger partial charge in [-0.3, -0.25) is 4.79 Å². The quantitative estimate of drug-likeness (QED) is 0.761. The SMILES string of the molecule is Nc1ccccc1NC(=O)c1ccsc1. The second-order valence-electron chi connectivity index (χ2n) is 3.05. The second kappa shape index (κ2) is 4.14. The fraction of sp³-hybridized carbons (Fsp3) is 0. The Hall–Kier alpha value is -1.81. The van der Waals surface area contributed by atoms with E-state index in [2.05, 4.69) is 5.32 Å². The first-order valence-electron chi connectivity index (χ1n) is 4.45. The molecule has 0 saturated heterocycles. The van der Waals surface area contributed by atoms with Crippen molar-refractivity contribution >= 4 is 28.6 Å². The lowest BCUT2D eigenvalue weighted by Gasteiger charge is -2.06. The molecular formula is C11H10N2OS. The first-order valence-corrected chi connectivity index (χ1v) is 5.40. The summed E-state index contributed by atoms with van der Waals surface area (Å²) in [5.41, 5.74) is 7.58. The first kappa shape index (κ1) is 9.73. The molecule has 76 valence electrons. The van der Waals surface area contributed by atoms with Crippen LogP contribution in [0.4, 0.5) is 11.4 Å². The zero-order valence-corrected chi connectivity index (χ0v) is 8.75. The van der Waals surface area contributed by atoms with E-state index in [0.29, 0.717) is 16.9 Å². The number of anilines is 2. The monoisotopic (exact) mass is 218 g/mol. The van der Waals surface area contributed by atoms with Crippen LogP contribution >= 0.6 is 11.3 Å². The number of carbonyl (C=O) groups excluding carboxylic acids is 1. The Bertz CT molecular complexity index is 465. The molecule has 1 aromatic carbocycles. The van der Waals surface area contributed by atoms with E-state index in [-0.39, 0.29) is 5.91 Å². The third kappa shape index (κ3) is 2.16. The molecule has 0 saturated carbocycles. The van der Waals surface area contributed by atoms with E-state index >= 15 is 0 Å². The van der Waals surface area contributed by atoms with Crippen LogP contribution in [0.15, 0.2) is 41.1 Å². The highest BCUT2D eigenvalue weighted by atomic mass is 32.1. The molecule has 1 heterocycles. The third-order valence-corrected chi connectivity index (χ3v) is 2.68. The number of carbonyl (C=O) groups is 1. The van der Waals surface area contributed by atoms with Gasteiger partial charge in [-0.15, -0.1) is 0 Å². The van der Waals surface area contributed by atoms with E-state index in [4.69, 9.17) is 5.73 Å². The van der Waals surface area contributed by atoms with E-state index in [1.165, 1.54) is 11.3 Å². The summed E-state index contributed by atoms with van der Waals surface area (Å²) in [5, 5.41) is 6.42. The number of para-hydroxylation sites is 2. The molecule has 0 aliphatic carbocycles. The van der Waals surface area contributed by atoms with Gasteiger partial charge in [-0.25, -0.2) is 0 Å². The maximum atomic E-state index is 11.7. The van der Waals surface area contributed by atoms with Crippen LogP contribution in [-0.4, -0.2) is 5.91 Å². The molecule has 15 heavy (non-hydrogen) atoms. The number of nitrogens with two attached hydrogens (primary N) is 1. The Morgan fingerprint density at radius 3 is 2.73 bits per heavy atom. The number of nitrogen functional groups attached to an aromatic ring is 1. The summed E-state index contributed by atoms with van der Waals surface area (Å²) in [6.07, 6.45) is 0. The van der Waals surface area contributed by atoms with E-state index < -0.39 is 0 Å². The molecule has 0 radical (unpaired) electrons. The molecule has 0 aliphatic rings. The minimum Gasteiger partial charge on any atom is -0.397 e. The van der Waals surface area contributed by atoms with Gasteiger partial charge >= 0.3 is 0 Å². The van der Waals surface area contributed by atoms with E-state index in [0.717, 1.165) is 0 Å². The molecule has 3 nitrogen and oxygen atoms in total. The predicted molar refractivity (Wildman–Crippen MR) is 63.1 cm³/mol. The minimum absolute atomic E-state index is 0.130. The van der Waals surface area contributed by atoms with Crippen molar-refractivity contribution in [2.24, 2.45) is 0 Å². The fourth-order valence-corrected chi connectivity index (χ4v) is 1.83. The summed E-state index contributed by atoms with van der Waals surface area (Å²) in [7, 11) is 0. The van der Waals surface area contributed by atoms with Crippen LogP contribution in [0.5, 0.6) is 0 Å². The largest absolute Gasteiger partial charge is 0.397 e. The van der Waals surface area contributed by atoms with Crippen LogP contribution < -0.4 is 11.1 Å². The topological polar surface area (TPSA) is 55.1 Å². The Kier molecular flexibility index (Phi) is 2.69. The number of nitrogens with one attached hydrogen (secondary N) is 1. The normalized spacial score (nSPS) is 9.87. The smallest absolute Gasteiger partial charge is 0.256 e.